The van der Waals surface area contributed by atoms with Gasteiger partial charge in [-0.25, -0.2) is 9.97 Å². The van der Waals surface area contributed by atoms with Crippen molar-refractivity contribution in [3.63, 3.8) is 0 Å². The predicted molar refractivity (Wildman–Crippen MR) is 156 cm³/mol. The topological polar surface area (TPSA) is 146 Å². The number of aromatic amines is 1. The lowest BCUT2D eigenvalue weighted by atomic mass is 9.47. The number of nitrogens with one attached hydrogen (secondary N) is 3. The molecule has 8 rings (SSSR count). The molecule has 4 saturated carbocycles. The number of anilines is 2. The first-order valence-corrected chi connectivity index (χ1v) is 14.3. The molecule has 4 fully saturated rings. The molecule has 214 valence electrons. The highest BCUT2D eigenvalue weighted by atomic mass is 16.6. The molecule has 4 N–H and O–H groups in total. The highest BCUT2D eigenvalue weighted by Gasteiger charge is 2.62. The van der Waals surface area contributed by atoms with Gasteiger partial charge in [-0.3, -0.25) is 14.4 Å². The van der Waals surface area contributed by atoms with E-state index in [0.717, 1.165) is 37.6 Å². The standard InChI is InChI=1S/C32H31N5O5/c1-18(38)42-32-15-19-10-20(16-32)14-31(13-19,17-32)30(41)36-24-8-5-21(12-26(24)39)28-34-23-7-6-22(11-25(23)35-28)29(40)37-27-4-2-3-9-33-27/h2-9,11-12,19-20,39H,10,13-17H2,1H3,(H,34,35)(H,36,41)(H,33,37,40)/t19-,20+,31?,32-. The number of fused-ring (bicyclic) bond motifs is 1. The zero-order valence-electron chi connectivity index (χ0n) is 23.1. The minimum atomic E-state index is -0.607. The summed E-state index contributed by atoms with van der Waals surface area (Å²) in [7, 11) is 0. The van der Waals surface area contributed by atoms with Gasteiger partial charge in [-0.2, -0.15) is 0 Å². The molecule has 2 amide bonds. The molecule has 4 atom stereocenters. The van der Waals surface area contributed by atoms with Crippen LogP contribution in [0.5, 0.6) is 5.75 Å². The number of phenolic OH excluding ortho intramolecular Hbond substituents is 1. The van der Waals surface area contributed by atoms with Gasteiger partial charge in [0.2, 0.25) is 5.91 Å². The molecule has 42 heavy (non-hydrogen) atoms. The summed E-state index contributed by atoms with van der Waals surface area (Å²) in [5, 5.41) is 16.6. The van der Waals surface area contributed by atoms with E-state index >= 15 is 0 Å². The van der Waals surface area contributed by atoms with Crippen molar-refractivity contribution in [2.75, 3.05) is 10.6 Å². The van der Waals surface area contributed by atoms with Crippen LogP contribution < -0.4 is 10.6 Å². The van der Waals surface area contributed by atoms with Crippen LogP contribution in [0.25, 0.3) is 22.4 Å². The first-order chi connectivity index (χ1) is 20.2. The van der Waals surface area contributed by atoms with Crippen LogP contribution in [0.15, 0.2) is 60.8 Å². The molecule has 1 unspecified atom stereocenters. The lowest BCUT2D eigenvalue weighted by molar-refractivity contribution is -0.200. The first-order valence-electron chi connectivity index (χ1n) is 14.3. The number of imidazole rings is 1. The molecule has 10 nitrogen and oxygen atoms in total. The highest BCUT2D eigenvalue weighted by molar-refractivity contribution is 6.05. The lowest BCUT2D eigenvalue weighted by Gasteiger charge is -2.60. The van der Waals surface area contributed by atoms with Crippen molar-refractivity contribution in [3.05, 3.63) is 66.4 Å². The number of hydrogen-bond donors (Lipinski definition) is 4. The number of ether oxygens (including phenoxy) is 1. The number of amides is 2. The second-order valence-electron chi connectivity index (χ2n) is 12.2. The third-order valence-corrected chi connectivity index (χ3v) is 9.02. The van der Waals surface area contributed by atoms with E-state index in [4.69, 9.17) is 4.74 Å². The zero-order valence-corrected chi connectivity index (χ0v) is 23.1. The normalized spacial score (nSPS) is 25.7. The second-order valence-corrected chi connectivity index (χ2v) is 12.2. The van der Waals surface area contributed by atoms with Gasteiger partial charge in [-0.15, -0.1) is 0 Å². The number of carbonyl (C=O) groups is 3. The smallest absolute Gasteiger partial charge is 0.303 e. The number of nitrogens with zero attached hydrogens (tertiary/aromatic N) is 2. The number of carbonyl (C=O) groups excluding carboxylic acids is 3. The minimum absolute atomic E-state index is 0.0730. The summed E-state index contributed by atoms with van der Waals surface area (Å²) >= 11 is 0. The maximum absolute atomic E-state index is 13.7. The van der Waals surface area contributed by atoms with Gasteiger partial charge in [0, 0.05) is 30.7 Å². The van der Waals surface area contributed by atoms with Crippen LogP contribution in [-0.4, -0.2) is 43.4 Å². The monoisotopic (exact) mass is 565 g/mol. The van der Waals surface area contributed by atoms with Crippen LogP contribution >= 0.6 is 0 Å². The summed E-state index contributed by atoms with van der Waals surface area (Å²) in [6.07, 6.45) is 6.41. The van der Waals surface area contributed by atoms with E-state index in [1.165, 1.54) is 6.92 Å². The second kappa shape index (κ2) is 9.68. The fourth-order valence-corrected chi connectivity index (χ4v) is 7.82. The van der Waals surface area contributed by atoms with Crippen LogP contribution in [-0.2, 0) is 14.3 Å². The fraction of sp³-hybridized carbons (Fsp3) is 0.344. The molecule has 4 aromatic rings. The third-order valence-electron chi connectivity index (χ3n) is 9.02. The quantitative estimate of drug-likeness (QED) is 0.180. The first kappa shape index (κ1) is 26.2. The molecule has 2 aromatic heterocycles. The minimum Gasteiger partial charge on any atom is -0.506 e. The molecule has 4 aliphatic carbocycles. The molecule has 4 aliphatic rings. The number of hydrogen-bond acceptors (Lipinski definition) is 7. The van der Waals surface area contributed by atoms with Gasteiger partial charge in [0.15, 0.2) is 0 Å². The maximum Gasteiger partial charge on any atom is 0.303 e. The van der Waals surface area contributed by atoms with E-state index in [-0.39, 0.29) is 23.5 Å². The van der Waals surface area contributed by atoms with Gasteiger partial charge in [-0.05, 0) is 92.5 Å². The molecule has 4 bridgehead atoms. The van der Waals surface area contributed by atoms with Crippen molar-refractivity contribution in [2.24, 2.45) is 17.3 Å². The Hall–Kier alpha value is -4.73. The predicted octanol–water partition coefficient (Wildman–Crippen LogP) is 5.42. The summed E-state index contributed by atoms with van der Waals surface area (Å²) in [6, 6.07) is 15.5. The lowest BCUT2D eigenvalue weighted by Crippen LogP contribution is -2.60. The zero-order chi connectivity index (χ0) is 29.1. The average Bonchev–Trinajstić information content (AvgIpc) is 3.37. The van der Waals surface area contributed by atoms with Gasteiger partial charge < -0.3 is 25.5 Å². The van der Waals surface area contributed by atoms with Crippen LogP contribution in [0.1, 0.15) is 55.8 Å². The summed E-state index contributed by atoms with van der Waals surface area (Å²) in [6.45, 7) is 1.44. The Labute approximate surface area is 241 Å². The number of pyridine rings is 1. The highest BCUT2D eigenvalue weighted by Crippen LogP contribution is 2.63. The Balaban J connectivity index is 1.09. The van der Waals surface area contributed by atoms with E-state index in [1.807, 2.05) is 0 Å². The largest absolute Gasteiger partial charge is 0.506 e. The molecular weight excluding hydrogens is 534 g/mol. The van der Waals surface area contributed by atoms with Crippen LogP contribution in [0.4, 0.5) is 11.5 Å². The third kappa shape index (κ3) is 4.66. The van der Waals surface area contributed by atoms with Crippen molar-refractivity contribution in [2.45, 2.75) is 51.0 Å². The fourth-order valence-electron chi connectivity index (χ4n) is 7.82. The van der Waals surface area contributed by atoms with Crippen LogP contribution in [0.2, 0.25) is 0 Å². The van der Waals surface area contributed by atoms with Crippen LogP contribution in [0, 0.1) is 17.3 Å². The molecule has 10 heteroatoms. The summed E-state index contributed by atoms with van der Waals surface area (Å²) in [5.74, 6) is 0.910. The summed E-state index contributed by atoms with van der Waals surface area (Å²) < 4.78 is 5.83. The Morgan fingerprint density at radius 3 is 2.52 bits per heavy atom. The van der Waals surface area contributed by atoms with E-state index in [9.17, 15) is 19.5 Å². The van der Waals surface area contributed by atoms with Crippen molar-refractivity contribution in [1.29, 1.82) is 0 Å². The van der Waals surface area contributed by atoms with Gasteiger partial charge in [0.25, 0.3) is 5.91 Å². The number of rotatable bonds is 6. The number of esters is 1. The van der Waals surface area contributed by atoms with E-state index in [1.54, 1.807) is 60.8 Å². The number of aromatic hydroxyl groups is 1. The van der Waals surface area contributed by atoms with E-state index in [0.29, 0.717) is 52.2 Å². The molecule has 0 aliphatic heterocycles. The van der Waals surface area contributed by atoms with Crippen molar-refractivity contribution >= 4 is 40.3 Å². The number of aromatic nitrogens is 3. The molecule has 0 saturated heterocycles. The van der Waals surface area contributed by atoms with Crippen molar-refractivity contribution < 1.29 is 24.2 Å². The van der Waals surface area contributed by atoms with Gasteiger partial charge >= 0.3 is 5.97 Å². The van der Waals surface area contributed by atoms with Gasteiger partial charge in [0.05, 0.1) is 22.1 Å². The average molecular weight is 566 g/mol. The van der Waals surface area contributed by atoms with Gasteiger partial charge in [-0.1, -0.05) is 6.07 Å². The Morgan fingerprint density at radius 2 is 1.81 bits per heavy atom. The SMILES string of the molecule is CC(=O)O[C@@]12C[C@@H]3C[C@@H](CC(C(=O)Nc4ccc(-c5nc6cc(C(=O)Nc7ccccn7)ccc6[nH]5)cc4O)(C3)C1)C2. The van der Waals surface area contributed by atoms with Crippen LogP contribution in [0.3, 0.4) is 0 Å². The molecule has 0 radical (unpaired) electrons. The summed E-state index contributed by atoms with van der Waals surface area (Å²) in [5.41, 5.74) is 1.56. The number of benzene rings is 2. The van der Waals surface area contributed by atoms with Gasteiger partial charge in [0.1, 0.15) is 23.0 Å². The maximum atomic E-state index is 13.7. The molecule has 2 aromatic carbocycles. The Kier molecular flexibility index (Phi) is 6.04. The van der Waals surface area contributed by atoms with E-state index in [2.05, 4.69) is 25.6 Å². The molecular formula is C32H31N5O5. The molecule has 0 spiro atoms. The number of H-pyrrole nitrogens is 1. The number of phenols is 1. The van der Waals surface area contributed by atoms with Crippen molar-refractivity contribution in [3.8, 4) is 17.1 Å². The van der Waals surface area contributed by atoms with Crippen molar-refractivity contribution in [1.82, 2.24) is 15.0 Å². The van der Waals surface area contributed by atoms with E-state index < -0.39 is 11.0 Å². The Bertz CT molecular complexity index is 1720. The molecule has 2 heterocycles. The summed E-state index contributed by atoms with van der Waals surface area (Å²) in [4.78, 5) is 50.3. The Morgan fingerprint density at radius 1 is 1.00 bits per heavy atom.